The van der Waals surface area contributed by atoms with Crippen LogP contribution in [0.2, 0.25) is 0 Å². The molecule has 3 N–H and O–H groups in total. The molecule has 0 saturated heterocycles. The van der Waals surface area contributed by atoms with Gasteiger partial charge in [0, 0.05) is 6.20 Å². The molecular formula is C12H9FN4S. The largest absolute Gasteiger partial charge is 0.382 e. The molecule has 0 fully saturated rings. The molecule has 0 saturated carbocycles. The Morgan fingerprint density at radius 1 is 1.33 bits per heavy atom. The summed E-state index contributed by atoms with van der Waals surface area (Å²) in [6, 6.07) is 6.28. The molecule has 3 aromatic rings. The van der Waals surface area contributed by atoms with Crippen molar-refractivity contribution in [3.63, 3.8) is 0 Å². The number of nitrogens with zero attached hydrogens (tertiary/aromatic N) is 2. The van der Waals surface area contributed by atoms with Crippen LogP contribution in [0.3, 0.4) is 0 Å². The molecule has 0 unspecified atom stereocenters. The van der Waals surface area contributed by atoms with Gasteiger partial charge in [-0.2, -0.15) is 5.10 Å². The fourth-order valence-corrected chi connectivity index (χ4v) is 2.43. The Bertz CT molecular complexity index is 675. The van der Waals surface area contributed by atoms with Crippen LogP contribution in [0.1, 0.15) is 0 Å². The molecule has 4 nitrogen and oxygen atoms in total. The minimum absolute atomic E-state index is 0.302. The number of nitrogen functional groups attached to an aromatic ring is 1. The van der Waals surface area contributed by atoms with Gasteiger partial charge in [-0.05, 0) is 17.7 Å². The lowest BCUT2D eigenvalue weighted by atomic mass is 10.0. The molecule has 2 aromatic heterocycles. The summed E-state index contributed by atoms with van der Waals surface area (Å²) in [4.78, 5) is 4.93. The molecule has 0 aliphatic rings. The maximum absolute atomic E-state index is 13.3. The van der Waals surface area contributed by atoms with Crippen molar-refractivity contribution < 1.29 is 4.39 Å². The molecule has 18 heavy (non-hydrogen) atoms. The first kappa shape index (κ1) is 10.9. The summed E-state index contributed by atoms with van der Waals surface area (Å²) in [6.07, 6.45) is 1.72. The van der Waals surface area contributed by atoms with Gasteiger partial charge in [-0.25, -0.2) is 4.39 Å². The third kappa shape index (κ3) is 1.76. The van der Waals surface area contributed by atoms with Crippen LogP contribution in [0.25, 0.3) is 21.7 Å². The average Bonchev–Trinajstić information content (AvgIpc) is 2.97. The van der Waals surface area contributed by atoms with Crippen LogP contribution in [-0.2, 0) is 0 Å². The number of aromatic nitrogens is 3. The van der Waals surface area contributed by atoms with E-state index in [0.717, 1.165) is 10.6 Å². The Morgan fingerprint density at radius 3 is 2.94 bits per heavy atom. The third-order valence-corrected chi connectivity index (χ3v) is 3.38. The molecule has 0 amide bonds. The lowest BCUT2D eigenvalue weighted by Gasteiger charge is -2.02. The zero-order chi connectivity index (χ0) is 12.5. The van der Waals surface area contributed by atoms with Gasteiger partial charge in [0.1, 0.15) is 5.82 Å². The number of H-pyrrole nitrogens is 1. The lowest BCUT2D eigenvalue weighted by molar-refractivity contribution is 0.628. The third-order valence-electron chi connectivity index (χ3n) is 2.59. The number of aromatic amines is 1. The van der Waals surface area contributed by atoms with E-state index in [1.165, 1.54) is 23.5 Å². The number of rotatable bonds is 2. The Morgan fingerprint density at radius 2 is 2.22 bits per heavy atom. The van der Waals surface area contributed by atoms with E-state index in [9.17, 15) is 4.39 Å². The maximum atomic E-state index is 13.3. The quantitative estimate of drug-likeness (QED) is 0.744. The van der Waals surface area contributed by atoms with Crippen LogP contribution in [0.4, 0.5) is 10.2 Å². The number of nitrogens with one attached hydrogen (secondary N) is 1. The van der Waals surface area contributed by atoms with Crippen LogP contribution in [0, 0.1) is 5.82 Å². The smallest absolute Gasteiger partial charge is 0.153 e. The second kappa shape index (κ2) is 4.23. The second-order valence-corrected chi connectivity index (χ2v) is 4.62. The predicted molar refractivity (Wildman–Crippen MR) is 69.5 cm³/mol. The van der Waals surface area contributed by atoms with E-state index in [1.807, 2.05) is 0 Å². The SMILES string of the molecule is Nc1n[nH]c(-c2cncs2)c1-c1cccc(F)c1. The molecule has 0 radical (unpaired) electrons. The molecule has 0 aliphatic carbocycles. The standard InChI is InChI=1S/C12H9FN4S/c13-8-3-1-2-7(4-8)10-11(16-17-12(10)14)9-5-15-6-18-9/h1-6H,(H3,14,16,17). The van der Waals surface area contributed by atoms with E-state index in [1.54, 1.807) is 23.8 Å². The number of benzene rings is 1. The van der Waals surface area contributed by atoms with Crippen molar-refractivity contribution in [3.05, 3.63) is 41.8 Å². The molecule has 0 bridgehead atoms. The van der Waals surface area contributed by atoms with Crippen LogP contribution >= 0.6 is 11.3 Å². The summed E-state index contributed by atoms with van der Waals surface area (Å²) < 4.78 is 13.3. The van der Waals surface area contributed by atoms with Crippen molar-refractivity contribution in [2.75, 3.05) is 5.73 Å². The van der Waals surface area contributed by atoms with Gasteiger partial charge in [-0.15, -0.1) is 11.3 Å². The van der Waals surface area contributed by atoms with E-state index < -0.39 is 0 Å². The minimum atomic E-state index is -0.302. The zero-order valence-electron chi connectivity index (χ0n) is 9.22. The Labute approximate surface area is 106 Å². The second-order valence-electron chi connectivity index (χ2n) is 3.73. The van der Waals surface area contributed by atoms with E-state index in [-0.39, 0.29) is 5.82 Å². The van der Waals surface area contributed by atoms with E-state index in [4.69, 9.17) is 5.73 Å². The molecule has 3 rings (SSSR count). The highest BCUT2D eigenvalue weighted by Gasteiger charge is 2.16. The summed E-state index contributed by atoms with van der Waals surface area (Å²) in [7, 11) is 0. The fraction of sp³-hybridized carbons (Fsp3) is 0. The van der Waals surface area contributed by atoms with Crippen LogP contribution in [0.15, 0.2) is 36.0 Å². The number of anilines is 1. The average molecular weight is 260 g/mol. The highest BCUT2D eigenvalue weighted by atomic mass is 32.1. The van der Waals surface area contributed by atoms with Gasteiger partial charge in [0.05, 0.1) is 21.6 Å². The van der Waals surface area contributed by atoms with Gasteiger partial charge in [0.15, 0.2) is 5.82 Å². The van der Waals surface area contributed by atoms with E-state index in [0.29, 0.717) is 16.9 Å². The lowest BCUT2D eigenvalue weighted by Crippen LogP contribution is -1.89. The first-order valence-electron chi connectivity index (χ1n) is 5.24. The normalized spacial score (nSPS) is 10.7. The maximum Gasteiger partial charge on any atom is 0.153 e. The Kier molecular flexibility index (Phi) is 2.56. The summed E-state index contributed by atoms with van der Waals surface area (Å²) in [5.41, 5.74) is 9.74. The van der Waals surface area contributed by atoms with Crippen LogP contribution in [-0.4, -0.2) is 15.2 Å². The van der Waals surface area contributed by atoms with Gasteiger partial charge >= 0.3 is 0 Å². The van der Waals surface area contributed by atoms with Crippen molar-refractivity contribution in [3.8, 4) is 21.7 Å². The molecule has 0 aliphatic heterocycles. The van der Waals surface area contributed by atoms with E-state index in [2.05, 4.69) is 15.2 Å². The number of hydrogen-bond acceptors (Lipinski definition) is 4. The van der Waals surface area contributed by atoms with Crippen molar-refractivity contribution in [2.45, 2.75) is 0 Å². The molecule has 2 heterocycles. The first-order valence-corrected chi connectivity index (χ1v) is 6.12. The highest BCUT2D eigenvalue weighted by Crippen LogP contribution is 2.36. The minimum Gasteiger partial charge on any atom is -0.382 e. The Hall–Kier alpha value is -2.21. The number of nitrogens with two attached hydrogens (primary N) is 1. The van der Waals surface area contributed by atoms with Crippen molar-refractivity contribution in [1.29, 1.82) is 0 Å². The fourth-order valence-electron chi connectivity index (χ4n) is 1.81. The van der Waals surface area contributed by atoms with E-state index >= 15 is 0 Å². The molecule has 0 spiro atoms. The Balaban J connectivity index is 2.20. The first-order chi connectivity index (χ1) is 8.75. The van der Waals surface area contributed by atoms with Crippen LogP contribution < -0.4 is 5.73 Å². The monoisotopic (exact) mass is 260 g/mol. The topological polar surface area (TPSA) is 67.6 Å². The summed E-state index contributed by atoms with van der Waals surface area (Å²) in [6.45, 7) is 0. The molecule has 1 aromatic carbocycles. The molecule has 0 atom stereocenters. The van der Waals surface area contributed by atoms with Crippen molar-refractivity contribution >= 4 is 17.2 Å². The summed E-state index contributed by atoms with van der Waals surface area (Å²) in [5, 5.41) is 6.86. The predicted octanol–water partition coefficient (Wildman–Crippen LogP) is 2.92. The van der Waals surface area contributed by atoms with Gasteiger partial charge in [-0.1, -0.05) is 12.1 Å². The molecule has 90 valence electrons. The summed E-state index contributed by atoms with van der Waals surface area (Å²) in [5.74, 6) is 0.0485. The number of hydrogen-bond donors (Lipinski definition) is 2. The molecule has 6 heteroatoms. The molecular weight excluding hydrogens is 251 g/mol. The van der Waals surface area contributed by atoms with Gasteiger partial charge < -0.3 is 5.73 Å². The number of thiazole rings is 1. The van der Waals surface area contributed by atoms with Gasteiger partial charge in [0.2, 0.25) is 0 Å². The van der Waals surface area contributed by atoms with Crippen molar-refractivity contribution in [1.82, 2.24) is 15.2 Å². The highest BCUT2D eigenvalue weighted by molar-refractivity contribution is 7.13. The summed E-state index contributed by atoms with van der Waals surface area (Å²) >= 11 is 1.47. The van der Waals surface area contributed by atoms with Gasteiger partial charge in [-0.3, -0.25) is 10.1 Å². The number of halogens is 1. The van der Waals surface area contributed by atoms with Crippen molar-refractivity contribution in [2.24, 2.45) is 0 Å². The van der Waals surface area contributed by atoms with Crippen LogP contribution in [0.5, 0.6) is 0 Å². The zero-order valence-corrected chi connectivity index (χ0v) is 10.0. The van der Waals surface area contributed by atoms with Gasteiger partial charge in [0.25, 0.3) is 0 Å².